The van der Waals surface area contributed by atoms with Crippen LogP contribution >= 0.6 is 0 Å². The molecule has 8 nitrogen and oxygen atoms in total. The summed E-state index contributed by atoms with van der Waals surface area (Å²) in [5.41, 5.74) is 2.43. The van der Waals surface area contributed by atoms with Gasteiger partial charge in [-0.1, -0.05) is 30.3 Å². The lowest BCUT2D eigenvalue weighted by Crippen LogP contribution is -2.28. The molecule has 1 aromatic carbocycles. The molecular weight excluding hydrogens is 298 g/mol. The summed E-state index contributed by atoms with van der Waals surface area (Å²) in [6.45, 7) is 0. The summed E-state index contributed by atoms with van der Waals surface area (Å²) >= 11 is 0. The molecule has 120 valence electrons. The molecule has 0 saturated heterocycles. The fourth-order valence-corrected chi connectivity index (χ4v) is 1.89. The molecule has 2 rings (SSSR count). The minimum Gasteiger partial charge on any atom is -0.273 e. The van der Waals surface area contributed by atoms with E-state index in [-0.39, 0.29) is 24.4 Å². The Labute approximate surface area is 131 Å². The van der Waals surface area contributed by atoms with Gasteiger partial charge in [0, 0.05) is 19.1 Å². The number of nitrogens with zero attached hydrogens (tertiary/aromatic N) is 2. The zero-order valence-electron chi connectivity index (χ0n) is 12.4. The number of amides is 1. The number of hydrazone groups is 1. The Balaban J connectivity index is 1.69. The third-order valence-electron chi connectivity index (χ3n) is 3.06. The second-order valence-electron chi connectivity index (χ2n) is 4.82. The van der Waals surface area contributed by atoms with E-state index in [1.54, 1.807) is 6.21 Å². The Kier molecular flexibility index (Phi) is 5.98. The van der Waals surface area contributed by atoms with Gasteiger partial charge >= 0.3 is 5.69 Å². The summed E-state index contributed by atoms with van der Waals surface area (Å²) in [7, 11) is 0. The van der Waals surface area contributed by atoms with Gasteiger partial charge in [0.25, 0.3) is 5.56 Å². The molecule has 1 amide bonds. The molecular formula is C15H17N5O3. The van der Waals surface area contributed by atoms with Crippen LogP contribution in [0.25, 0.3) is 0 Å². The summed E-state index contributed by atoms with van der Waals surface area (Å²) in [4.78, 5) is 35.8. The van der Waals surface area contributed by atoms with Crippen LogP contribution in [-0.2, 0) is 17.6 Å². The highest BCUT2D eigenvalue weighted by molar-refractivity contribution is 5.76. The topological polar surface area (TPSA) is 120 Å². The molecule has 0 atom stereocenters. The van der Waals surface area contributed by atoms with Gasteiger partial charge in [0.15, 0.2) is 0 Å². The van der Waals surface area contributed by atoms with Crippen LogP contribution in [-0.4, -0.2) is 27.3 Å². The fraction of sp³-hybridized carbons (Fsp3) is 0.267. The Bertz CT molecular complexity index is 779. The lowest BCUT2D eigenvalue weighted by molar-refractivity contribution is -0.121. The average Bonchev–Trinajstić information content (AvgIpc) is 2.54. The number of aromatic amines is 2. The highest BCUT2D eigenvalue weighted by atomic mass is 16.2. The first-order valence-corrected chi connectivity index (χ1v) is 7.17. The summed E-state index contributed by atoms with van der Waals surface area (Å²) in [5, 5.41) is 9.56. The van der Waals surface area contributed by atoms with Gasteiger partial charge in [-0.15, -0.1) is 0 Å². The van der Waals surface area contributed by atoms with E-state index < -0.39 is 11.2 Å². The molecule has 3 N–H and O–H groups in total. The number of carbonyl (C=O) groups is 1. The second-order valence-corrected chi connectivity index (χ2v) is 4.82. The molecule has 0 aliphatic carbocycles. The van der Waals surface area contributed by atoms with Gasteiger partial charge in [0.1, 0.15) is 5.69 Å². The first kappa shape index (κ1) is 16.3. The monoisotopic (exact) mass is 315 g/mol. The van der Waals surface area contributed by atoms with Crippen molar-refractivity contribution in [2.75, 3.05) is 0 Å². The van der Waals surface area contributed by atoms with E-state index in [4.69, 9.17) is 0 Å². The van der Waals surface area contributed by atoms with E-state index in [1.807, 2.05) is 35.3 Å². The first-order chi connectivity index (χ1) is 11.1. The van der Waals surface area contributed by atoms with Gasteiger partial charge in [-0.25, -0.2) is 15.3 Å². The van der Waals surface area contributed by atoms with E-state index in [0.717, 1.165) is 6.42 Å². The second kappa shape index (κ2) is 8.42. The number of carbonyl (C=O) groups excluding carboxylic acids is 1. The third kappa shape index (κ3) is 5.70. The first-order valence-electron chi connectivity index (χ1n) is 7.17. The van der Waals surface area contributed by atoms with Crippen molar-refractivity contribution in [2.24, 2.45) is 5.10 Å². The van der Waals surface area contributed by atoms with Gasteiger partial charge in [-0.3, -0.25) is 14.6 Å². The van der Waals surface area contributed by atoms with Crippen molar-refractivity contribution >= 4 is 12.1 Å². The maximum Gasteiger partial charge on any atom is 0.342 e. The van der Waals surface area contributed by atoms with Gasteiger partial charge in [0.05, 0.1) is 0 Å². The molecule has 0 bridgehead atoms. The van der Waals surface area contributed by atoms with Crippen molar-refractivity contribution in [2.45, 2.75) is 25.7 Å². The largest absolute Gasteiger partial charge is 0.342 e. The molecule has 8 heteroatoms. The summed E-state index contributed by atoms with van der Waals surface area (Å²) in [6.07, 6.45) is 3.37. The van der Waals surface area contributed by atoms with Gasteiger partial charge in [-0.05, 0) is 18.4 Å². The SMILES string of the molecule is O=C(CCc1n[nH]c(=O)[nH]c1=O)NN=CCCc1ccccc1. The maximum absolute atomic E-state index is 11.6. The van der Waals surface area contributed by atoms with Crippen LogP contribution in [0.1, 0.15) is 24.1 Å². The van der Waals surface area contributed by atoms with Crippen LogP contribution in [0.15, 0.2) is 45.0 Å². The van der Waals surface area contributed by atoms with Crippen molar-refractivity contribution in [1.29, 1.82) is 0 Å². The molecule has 0 unspecified atom stereocenters. The van der Waals surface area contributed by atoms with Crippen molar-refractivity contribution in [3.63, 3.8) is 0 Å². The van der Waals surface area contributed by atoms with E-state index in [0.29, 0.717) is 6.42 Å². The van der Waals surface area contributed by atoms with Crippen LogP contribution in [0.5, 0.6) is 0 Å². The fourth-order valence-electron chi connectivity index (χ4n) is 1.89. The normalized spacial score (nSPS) is 10.8. The summed E-state index contributed by atoms with van der Waals surface area (Å²) < 4.78 is 0. The van der Waals surface area contributed by atoms with Crippen molar-refractivity contribution in [1.82, 2.24) is 20.6 Å². The Morgan fingerprint density at radius 2 is 2.00 bits per heavy atom. The van der Waals surface area contributed by atoms with Crippen molar-refractivity contribution < 1.29 is 4.79 Å². The van der Waals surface area contributed by atoms with E-state index in [1.165, 1.54) is 5.56 Å². The van der Waals surface area contributed by atoms with Gasteiger partial charge in [-0.2, -0.15) is 10.2 Å². The number of hydrogen-bond donors (Lipinski definition) is 3. The Morgan fingerprint density at radius 3 is 2.74 bits per heavy atom. The van der Waals surface area contributed by atoms with Crippen LogP contribution in [0.4, 0.5) is 0 Å². The lowest BCUT2D eigenvalue weighted by Gasteiger charge is -1.99. The molecule has 0 fully saturated rings. The molecule has 0 saturated carbocycles. The van der Waals surface area contributed by atoms with Crippen molar-refractivity contribution in [3.05, 3.63) is 62.4 Å². The summed E-state index contributed by atoms with van der Waals surface area (Å²) in [5.74, 6) is -0.326. The number of aromatic nitrogens is 3. The van der Waals surface area contributed by atoms with Crippen LogP contribution < -0.4 is 16.7 Å². The van der Waals surface area contributed by atoms with E-state index >= 15 is 0 Å². The Hall–Kier alpha value is -3.03. The number of hydrogen-bond acceptors (Lipinski definition) is 5. The number of benzene rings is 1. The number of nitrogens with one attached hydrogen (secondary N) is 3. The van der Waals surface area contributed by atoms with E-state index in [9.17, 15) is 14.4 Å². The van der Waals surface area contributed by atoms with Crippen LogP contribution in [0.2, 0.25) is 0 Å². The number of aryl methyl sites for hydroxylation is 2. The quantitative estimate of drug-likeness (QED) is 0.496. The minimum absolute atomic E-state index is 0.0537. The maximum atomic E-state index is 11.6. The molecule has 23 heavy (non-hydrogen) atoms. The molecule has 1 heterocycles. The van der Waals surface area contributed by atoms with Gasteiger partial charge in [0.2, 0.25) is 5.91 Å². The average molecular weight is 315 g/mol. The van der Waals surface area contributed by atoms with Crippen molar-refractivity contribution in [3.8, 4) is 0 Å². The zero-order valence-corrected chi connectivity index (χ0v) is 12.4. The molecule has 0 spiro atoms. The zero-order chi connectivity index (χ0) is 16.5. The standard InChI is InChI=1S/C15H17N5O3/c21-13(9-8-12-14(22)17-15(23)20-18-12)19-16-10-4-7-11-5-2-1-3-6-11/h1-3,5-6,10H,4,7-9H2,(H,19,21)(H2,17,20,22,23). The minimum atomic E-state index is -0.675. The predicted molar refractivity (Wildman–Crippen MR) is 85.2 cm³/mol. The van der Waals surface area contributed by atoms with Crippen LogP contribution in [0.3, 0.4) is 0 Å². The highest BCUT2D eigenvalue weighted by Gasteiger charge is 2.06. The number of rotatable bonds is 7. The molecule has 0 radical (unpaired) electrons. The van der Waals surface area contributed by atoms with Crippen LogP contribution in [0, 0.1) is 0 Å². The molecule has 0 aliphatic heterocycles. The van der Waals surface area contributed by atoms with Gasteiger partial charge < -0.3 is 0 Å². The smallest absolute Gasteiger partial charge is 0.273 e. The van der Waals surface area contributed by atoms with E-state index in [2.05, 4.69) is 20.7 Å². The molecule has 2 aromatic rings. The third-order valence-corrected chi connectivity index (χ3v) is 3.06. The number of H-pyrrole nitrogens is 2. The molecule has 0 aliphatic rings. The summed E-state index contributed by atoms with van der Waals surface area (Å²) in [6, 6.07) is 9.96. The molecule has 1 aromatic heterocycles. The predicted octanol–water partition coefficient (Wildman–Crippen LogP) is 0.126. The lowest BCUT2D eigenvalue weighted by atomic mass is 10.1. The highest BCUT2D eigenvalue weighted by Crippen LogP contribution is 2.00. The Morgan fingerprint density at radius 1 is 1.22 bits per heavy atom.